The van der Waals surface area contributed by atoms with Crippen LogP contribution in [0, 0.1) is 5.92 Å². The molecule has 0 bridgehead atoms. The first-order valence-electron chi connectivity index (χ1n) is 5.23. The lowest BCUT2D eigenvalue weighted by Gasteiger charge is -2.19. The lowest BCUT2D eigenvalue weighted by molar-refractivity contribution is 0.571. The van der Waals surface area contributed by atoms with Crippen molar-refractivity contribution >= 4 is 43.3 Å². The molecule has 86 valence electrons. The van der Waals surface area contributed by atoms with Crippen LogP contribution in [0.1, 0.15) is 13.8 Å². The molecule has 5 heteroatoms. The van der Waals surface area contributed by atoms with Gasteiger partial charge in [0.05, 0.1) is 10.2 Å². The van der Waals surface area contributed by atoms with Gasteiger partial charge in [0, 0.05) is 11.4 Å². The summed E-state index contributed by atoms with van der Waals surface area (Å²) in [5, 5.41) is 6.48. The zero-order valence-corrected chi connectivity index (χ0v) is 11.7. The zero-order chi connectivity index (χ0) is 11.5. The summed E-state index contributed by atoms with van der Waals surface area (Å²) < 4.78 is 1.14. The lowest BCUT2D eigenvalue weighted by Crippen LogP contribution is -2.25. The fraction of sp³-hybridized carbons (Fsp3) is 0.455. The molecule has 2 aromatic rings. The number of alkyl halides is 1. The monoisotopic (exact) mass is 299 g/mol. The third-order valence-corrected chi connectivity index (χ3v) is 4.64. The number of nitrogens with zero attached hydrogens (tertiary/aromatic N) is 2. The van der Waals surface area contributed by atoms with Gasteiger partial charge in [-0.2, -0.15) is 0 Å². The quantitative estimate of drug-likeness (QED) is 0.878. The first kappa shape index (κ1) is 11.8. The van der Waals surface area contributed by atoms with Gasteiger partial charge in [0.2, 0.25) is 0 Å². The van der Waals surface area contributed by atoms with Crippen molar-refractivity contribution in [3.05, 3.63) is 17.8 Å². The van der Waals surface area contributed by atoms with Gasteiger partial charge < -0.3 is 5.32 Å². The molecule has 2 atom stereocenters. The summed E-state index contributed by atoms with van der Waals surface area (Å²) in [6.45, 7) is 4.38. The summed E-state index contributed by atoms with van der Waals surface area (Å²) in [6.07, 6.45) is 1.61. The van der Waals surface area contributed by atoms with E-state index < -0.39 is 0 Å². The predicted molar refractivity (Wildman–Crippen MR) is 73.5 cm³/mol. The Morgan fingerprint density at radius 2 is 2.25 bits per heavy atom. The van der Waals surface area contributed by atoms with Crippen LogP contribution in [0.3, 0.4) is 0 Å². The first-order chi connectivity index (χ1) is 7.72. The Bertz CT molecular complexity index is 471. The molecule has 0 aliphatic carbocycles. The van der Waals surface area contributed by atoms with Gasteiger partial charge in [-0.25, -0.2) is 9.97 Å². The molecule has 0 fully saturated rings. The fourth-order valence-electron chi connectivity index (χ4n) is 1.38. The molecule has 0 aliphatic rings. The van der Waals surface area contributed by atoms with Crippen LogP contribution in [0.25, 0.3) is 10.2 Å². The molecule has 16 heavy (non-hydrogen) atoms. The molecule has 0 aromatic carbocycles. The van der Waals surface area contributed by atoms with Crippen LogP contribution in [0.2, 0.25) is 0 Å². The van der Waals surface area contributed by atoms with Gasteiger partial charge in [-0.3, -0.25) is 0 Å². The predicted octanol–water partition coefficient (Wildman–Crippen LogP) is 3.52. The van der Waals surface area contributed by atoms with Crippen LogP contribution in [0.4, 0.5) is 5.82 Å². The highest BCUT2D eigenvalue weighted by molar-refractivity contribution is 9.09. The van der Waals surface area contributed by atoms with Crippen molar-refractivity contribution in [2.24, 2.45) is 5.92 Å². The van der Waals surface area contributed by atoms with Crippen LogP contribution in [0.5, 0.6) is 0 Å². The highest BCUT2D eigenvalue weighted by Crippen LogP contribution is 2.26. The number of fused-ring (bicyclic) bond motifs is 1. The molecule has 0 saturated heterocycles. The SMILES string of the molecule is CC(CBr)C(C)Nc1ncnc2ccsc12. The smallest absolute Gasteiger partial charge is 0.147 e. The molecular formula is C11H14BrN3S. The third-order valence-electron chi connectivity index (χ3n) is 2.70. The van der Waals surface area contributed by atoms with Gasteiger partial charge in [-0.05, 0) is 24.3 Å². The van der Waals surface area contributed by atoms with E-state index in [0.29, 0.717) is 12.0 Å². The Morgan fingerprint density at radius 3 is 3.00 bits per heavy atom. The Kier molecular flexibility index (Phi) is 3.76. The van der Waals surface area contributed by atoms with Crippen LogP contribution < -0.4 is 5.32 Å². The topological polar surface area (TPSA) is 37.8 Å². The van der Waals surface area contributed by atoms with E-state index in [-0.39, 0.29) is 0 Å². The molecule has 3 nitrogen and oxygen atoms in total. The van der Waals surface area contributed by atoms with E-state index in [9.17, 15) is 0 Å². The van der Waals surface area contributed by atoms with Gasteiger partial charge >= 0.3 is 0 Å². The molecule has 2 unspecified atom stereocenters. The minimum Gasteiger partial charge on any atom is -0.366 e. The number of nitrogens with one attached hydrogen (secondary N) is 1. The minimum absolute atomic E-state index is 0.388. The van der Waals surface area contributed by atoms with Gasteiger partial charge in [0.15, 0.2) is 0 Å². The van der Waals surface area contributed by atoms with Crippen molar-refractivity contribution < 1.29 is 0 Å². The van der Waals surface area contributed by atoms with Crippen LogP contribution >= 0.6 is 27.3 Å². The van der Waals surface area contributed by atoms with E-state index in [1.807, 2.05) is 11.4 Å². The highest BCUT2D eigenvalue weighted by Gasteiger charge is 2.13. The van der Waals surface area contributed by atoms with E-state index in [0.717, 1.165) is 21.4 Å². The minimum atomic E-state index is 0.388. The number of hydrogen-bond donors (Lipinski definition) is 1. The number of rotatable bonds is 4. The average molecular weight is 300 g/mol. The molecule has 0 aliphatic heterocycles. The second kappa shape index (κ2) is 5.10. The van der Waals surface area contributed by atoms with E-state index in [1.165, 1.54) is 0 Å². The fourth-order valence-corrected chi connectivity index (χ4v) is 2.74. The third kappa shape index (κ3) is 2.35. The number of aromatic nitrogens is 2. The number of halogens is 1. The molecule has 0 spiro atoms. The maximum atomic E-state index is 4.31. The summed E-state index contributed by atoms with van der Waals surface area (Å²) >= 11 is 5.18. The van der Waals surface area contributed by atoms with E-state index in [4.69, 9.17) is 0 Å². The Morgan fingerprint density at radius 1 is 1.44 bits per heavy atom. The summed E-state index contributed by atoms with van der Waals surface area (Å²) in [4.78, 5) is 8.53. The lowest BCUT2D eigenvalue weighted by atomic mass is 10.1. The zero-order valence-electron chi connectivity index (χ0n) is 9.27. The molecular weight excluding hydrogens is 286 g/mol. The average Bonchev–Trinajstić information content (AvgIpc) is 2.77. The van der Waals surface area contributed by atoms with Crippen LogP contribution in [-0.4, -0.2) is 21.3 Å². The van der Waals surface area contributed by atoms with Crippen molar-refractivity contribution in [1.82, 2.24) is 9.97 Å². The summed E-state index contributed by atoms with van der Waals surface area (Å²) in [7, 11) is 0. The van der Waals surface area contributed by atoms with Crippen molar-refractivity contribution in [3.63, 3.8) is 0 Å². The molecule has 0 saturated carbocycles. The molecule has 0 radical (unpaired) electrons. The summed E-state index contributed by atoms with van der Waals surface area (Å²) in [6, 6.07) is 2.41. The molecule has 2 rings (SSSR count). The summed E-state index contributed by atoms with van der Waals surface area (Å²) in [5.41, 5.74) is 1.01. The van der Waals surface area contributed by atoms with Gasteiger partial charge in [-0.15, -0.1) is 11.3 Å². The molecule has 2 heterocycles. The highest BCUT2D eigenvalue weighted by atomic mass is 79.9. The molecule has 2 aromatic heterocycles. The second-order valence-corrected chi connectivity index (χ2v) is 5.49. The van der Waals surface area contributed by atoms with Crippen LogP contribution in [-0.2, 0) is 0 Å². The van der Waals surface area contributed by atoms with E-state index in [1.54, 1.807) is 17.7 Å². The van der Waals surface area contributed by atoms with Gasteiger partial charge in [0.25, 0.3) is 0 Å². The maximum Gasteiger partial charge on any atom is 0.147 e. The van der Waals surface area contributed by atoms with E-state index in [2.05, 4.69) is 45.1 Å². The normalized spacial score (nSPS) is 14.9. The maximum absolute atomic E-state index is 4.31. The van der Waals surface area contributed by atoms with Crippen molar-refractivity contribution in [2.75, 3.05) is 10.6 Å². The van der Waals surface area contributed by atoms with Crippen LogP contribution in [0.15, 0.2) is 17.8 Å². The molecule has 1 N–H and O–H groups in total. The Balaban J connectivity index is 2.23. The largest absolute Gasteiger partial charge is 0.366 e. The van der Waals surface area contributed by atoms with Gasteiger partial charge in [0.1, 0.15) is 12.1 Å². The molecule has 0 amide bonds. The Hall–Kier alpha value is -0.680. The van der Waals surface area contributed by atoms with E-state index >= 15 is 0 Å². The summed E-state index contributed by atoms with van der Waals surface area (Å²) in [5.74, 6) is 1.50. The van der Waals surface area contributed by atoms with Gasteiger partial charge in [-0.1, -0.05) is 22.9 Å². The van der Waals surface area contributed by atoms with Crippen molar-refractivity contribution in [2.45, 2.75) is 19.9 Å². The second-order valence-electron chi connectivity index (χ2n) is 3.92. The number of thiophene rings is 1. The number of hydrogen-bond acceptors (Lipinski definition) is 4. The standard InChI is InChI=1S/C11H14BrN3S/c1-7(5-12)8(2)15-11-10-9(3-4-16-10)13-6-14-11/h3-4,6-8H,5H2,1-2H3,(H,13,14,15). The first-order valence-corrected chi connectivity index (χ1v) is 7.23. The Labute approximate surface area is 107 Å². The number of anilines is 1. The van der Waals surface area contributed by atoms with Crippen molar-refractivity contribution in [3.8, 4) is 0 Å². The van der Waals surface area contributed by atoms with Crippen molar-refractivity contribution in [1.29, 1.82) is 0 Å².